The first kappa shape index (κ1) is 30.6. The van der Waals surface area contributed by atoms with Gasteiger partial charge in [0.1, 0.15) is 29.9 Å². The first-order chi connectivity index (χ1) is 19.5. The first-order valence-corrected chi connectivity index (χ1v) is 12.9. The number of aliphatic carboxylic acids is 1. The van der Waals surface area contributed by atoms with Crippen molar-refractivity contribution < 1.29 is 34.2 Å². The smallest absolute Gasteiger partial charge is 0.326 e. The summed E-state index contributed by atoms with van der Waals surface area (Å²) in [6, 6.07) is 8.73. The zero-order valence-corrected chi connectivity index (χ0v) is 22.6. The summed E-state index contributed by atoms with van der Waals surface area (Å²) in [4.78, 5) is 65.5. The third kappa shape index (κ3) is 8.54. The number of aromatic amines is 1. The first-order valence-electron chi connectivity index (χ1n) is 12.9. The highest BCUT2D eigenvalue weighted by molar-refractivity contribution is 5.95. The van der Waals surface area contributed by atoms with E-state index in [0.29, 0.717) is 5.56 Å². The van der Waals surface area contributed by atoms with Crippen LogP contribution in [-0.4, -0.2) is 75.5 Å². The molecule has 0 spiro atoms. The van der Waals surface area contributed by atoms with Gasteiger partial charge in [-0.25, -0.2) is 4.79 Å². The SMILES string of the molecule is C[C@@H](NC(=O)CN)C(=O)N[C@H](Cc1c[nH]c2ccccc12)C(=O)N[C@H](C)C(=O)N[C@H](Cc1ccc(O)cc1)C(=O)O. The van der Waals surface area contributed by atoms with Crippen molar-refractivity contribution in [2.45, 2.75) is 50.9 Å². The van der Waals surface area contributed by atoms with Crippen molar-refractivity contribution in [3.8, 4) is 5.75 Å². The van der Waals surface area contributed by atoms with E-state index in [1.165, 1.54) is 38.1 Å². The molecule has 218 valence electrons. The summed E-state index contributed by atoms with van der Waals surface area (Å²) < 4.78 is 0. The lowest BCUT2D eigenvalue weighted by Gasteiger charge is -2.24. The minimum absolute atomic E-state index is 0.0198. The van der Waals surface area contributed by atoms with Crippen LogP contribution in [0.15, 0.2) is 54.7 Å². The highest BCUT2D eigenvalue weighted by Crippen LogP contribution is 2.19. The highest BCUT2D eigenvalue weighted by Gasteiger charge is 2.29. The van der Waals surface area contributed by atoms with E-state index in [-0.39, 0.29) is 25.1 Å². The summed E-state index contributed by atoms with van der Waals surface area (Å²) in [5.41, 5.74) is 7.44. The number of amides is 4. The lowest BCUT2D eigenvalue weighted by molar-refractivity contribution is -0.142. The average molecular weight is 567 g/mol. The van der Waals surface area contributed by atoms with Gasteiger partial charge in [-0.2, -0.15) is 0 Å². The van der Waals surface area contributed by atoms with E-state index >= 15 is 0 Å². The summed E-state index contributed by atoms with van der Waals surface area (Å²) >= 11 is 0. The van der Waals surface area contributed by atoms with Gasteiger partial charge in [0, 0.05) is 29.9 Å². The van der Waals surface area contributed by atoms with Gasteiger partial charge in [-0.15, -0.1) is 0 Å². The number of carboxylic acid groups (broad SMARTS) is 1. The Hall–Kier alpha value is -4.91. The molecule has 2 aromatic carbocycles. The fourth-order valence-electron chi connectivity index (χ4n) is 4.14. The minimum atomic E-state index is -1.29. The number of rotatable bonds is 13. The second-order valence-corrected chi connectivity index (χ2v) is 9.62. The van der Waals surface area contributed by atoms with E-state index in [4.69, 9.17) is 5.73 Å². The molecule has 1 aromatic heterocycles. The zero-order valence-electron chi connectivity index (χ0n) is 22.6. The Morgan fingerprint density at radius 2 is 1.41 bits per heavy atom. The molecule has 0 bridgehead atoms. The molecule has 3 aromatic rings. The van der Waals surface area contributed by atoms with Crippen molar-refractivity contribution in [3.05, 3.63) is 65.9 Å². The number of carboxylic acids is 1. The molecular weight excluding hydrogens is 532 g/mol. The van der Waals surface area contributed by atoms with Gasteiger partial charge in [0.05, 0.1) is 6.54 Å². The number of phenolic OH excluding ortho intramolecular Hbond substituents is 1. The summed E-state index contributed by atoms with van der Waals surface area (Å²) in [5.74, 6) is -3.87. The van der Waals surface area contributed by atoms with Crippen molar-refractivity contribution in [2.24, 2.45) is 5.73 Å². The summed E-state index contributed by atoms with van der Waals surface area (Å²) in [6.07, 6.45) is 1.73. The third-order valence-corrected chi connectivity index (χ3v) is 6.43. The Morgan fingerprint density at radius 1 is 0.805 bits per heavy atom. The Balaban J connectivity index is 1.72. The Bertz CT molecular complexity index is 1400. The van der Waals surface area contributed by atoms with Crippen LogP contribution >= 0.6 is 0 Å². The normalized spacial score (nSPS) is 13.8. The molecule has 0 saturated heterocycles. The van der Waals surface area contributed by atoms with Gasteiger partial charge < -0.3 is 42.2 Å². The number of carbonyl (C=O) groups is 5. The molecule has 4 amide bonds. The number of aromatic nitrogens is 1. The van der Waals surface area contributed by atoms with Crippen LogP contribution in [0.1, 0.15) is 25.0 Å². The van der Waals surface area contributed by atoms with Crippen LogP contribution in [-0.2, 0) is 36.8 Å². The Morgan fingerprint density at radius 3 is 2.05 bits per heavy atom. The average Bonchev–Trinajstić information content (AvgIpc) is 3.35. The summed E-state index contributed by atoms with van der Waals surface area (Å²) in [5, 5.41) is 29.9. The number of nitrogens with two attached hydrogens (primary N) is 1. The Kier molecular flexibility index (Phi) is 10.4. The largest absolute Gasteiger partial charge is 0.508 e. The third-order valence-electron chi connectivity index (χ3n) is 6.43. The van der Waals surface area contributed by atoms with Gasteiger partial charge >= 0.3 is 5.97 Å². The van der Waals surface area contributed by atoms with E-state index in [1.54, 1.807) is 6.20 Å². The molecule has 0 radical (unpaired) electrons. The number of para-hydroxylation sites is 1. The topological polar surface area (TPSA) is 216 Å². The standard InChI is InChI=1S/C28H34N6O7/c1-15(31-24(36)13-29)25(37)33-22(12-18-14-30-21-6-4-3-5-20(18)21)27(39)32-16(2)26(38)34-23(28(40)41)11-17-7-9-19(35)10-8-17/h3-10,14-16,22-23,30,35H,11-13,29H2,1-2H3,(H,31,36)(H,32,39)(H,33,37)(H,34,38)(H,40,41)/t15-,16-,22-,23-/m1/s1. The Labute approximate surface area is 235 Å². The van der Waals surface area contributed by atoms with E-state index in [2.05, 4.69) is 26.3 Å². The second-order valence-electron chi connectivity index (χ2n) is 9.62. The van der Waals surface area contributed by atoms with Crippen LogP contribution in [0.25, 0.3) is 10.9 Å². The molecule has 1 heterocycles. The monoisotopic (exact) mass is 566 g/mol. The van der Waals surface area contributed by atoms with Gasteiger partial charge in [-0.1, -0.05) is 30.3 Å². The van der Waals surface area contributed by atoms with Crippen LogP contribution < -0.4 is 27.0 Å². The predicted octanol–water partition coefficient (Wildman–Crippen LogP) is -0.319. The van der Waals surface area contributed by atoms with Gasteiger partial charge in [0.25, 0.3) is 0 Å². The highest BCUT2D eigenvalue weighted by atomic mass is 16.4. The van der Waals surface area contributed by atoms with Crippen LogP contribution in [0.3, 0.4) is 0 Å². The molecule has 0 aliphatic heterocycles. The molecule has 41 heavy (non-hydrogen) atoms. The fraction of sp³-hybridized carbons (Fsp3) is 0.321. The molecule has 0 unspecified atom stereocenters. The van der Waals surface area contributed by atoms with Crippen molar-refractivity contribution >= 4 is 40.5 Å². The van der Waals surface area contributed by atoms with E-state index in [1.807, 2.05) is 24.3 Å². The lowest BCUT2D eigenvalue weighted by Crippen LogP contribution is -2.57. The molecule has 13 nitrogen and oxygen atoms in total. The lowest BCUT2D eigenvalue weighted by atomic mass is 10.0. The van der Waals surface area contributed by atoms with Crippen LogP contribution in [0, 0.1) is 0 Å². The number of aromatic hydroxyl groups is 1. The molecule has 3 rings (SSSR count). The summed E-state index contributed by atoms with van der Waals surface area (Å²) in [7, 11) is 0. The van der Waals surface area contributed by atoms with E-state index < -0.39 is 53.8 Å². The van der Waals surface area contributed by atoms with Gasteiger partial charge in [0.2, 0.25) is 23.6 Å². The van der Waals surface area contributed by atoms with Crippen LogP contribution in [0.5, 0.6) is 5.75 Å². The fourth-order valence-corrected chi connectivity index (χ4v) is 4.14. The number of phenols is 1. The van der Waals surface area contributed by atoms with Crippen molar-refractivity contribution in [1.82, 2.24) is 26.3 Å². The van der Waals surface area contributed by atoms with Gasteiger partial charge in [-0.3, -0.25) is 19.2 Å². The molecular formula is C28H34N6O7. The van der Waals surface area contributed by atoms with E-state index in [9.17, 15) is 34.2 Å². The molecule has 0 fully saturated rings. The number of hydrogen-bond acceptors (Lipinski definition) is 7. The quantitative estimate of drug-likeness (QED) is 0.137. The number of H-pyrrole nitrogens is 1. The minimum Gasteiger partial charge on any atom is -0.508 e. The molecule has 13 heteroatoms. The van der Waals surface area contributed by atoms with Gasteiger partial charge in [0.15, 0.2) is 0 Å². The molecule has 4 atom stereocenters. The number of benzene rings is 2. The molecule has 0 saturated carbocycles. The van der Waals surface area contributed by atoms with Crippen LogP contribution in [0.4, 0.5) is 0 Å². The number of carbonyl (C=O) groups excluding carboxylic acids is 4. The maximum absolute atomic E-state index is 13.3. The molecule has 9 N–H and O–H groups in total. The summed E-state index contributed by atoms with van der Waals surface area (Å²) in [6.45, 7) is 2.52. The number of fused-ring (bicyclic) bond motifs is 1. The predicted molar refractivity (Wildman–Crippen MR) is 150 cm³/mol. The molecule has 0 aliphatic rings. The molecule has 0 aliphatic carbocycles. The van der Waals surface area contributed by atoms with Crippen molar-refractivity contribution in [2.75, 3.05) is 6.54 Å². The van der Waals surface area contributed by atoms with Crippen molar-refractivity contribution in [1.29, 1.82) is 0 Å². The van der Waals surface area contributed by atoms with E-state index in [0.717, 1.165) is 16.5 Å². The maximum atomic E-state index is 13.3. The van der Waals surface area contributed by atoms with Crippen LogP contribution in [0.2, 0.25) is 0 Å². The zero-order chi connectivity index (χ0) is 30.1. The second kappa shape index (κ2) is 13.9. The van der Waals surface area contributed by atoms with Gasteiger partial charge in [-0.05, 0) is 43.2 Å². The van der Waals surface area contributed by atoms with Crippen molar-refractivity contribution in [3.63, 3.8) is 0 Å². The maximum Gasteiger partial charge on any atom is 0.326 e. The number of hydrogen-bond donors (Lipinski definition) is 8. The number of nitrogens with one attached hydrogen (secondary N) is 5.